The van der Waals surface area contributed by atoms with Crippen LogP contribution in [-0.2, 0) is 0 Å². The van der Waals surface area contributed by atoms with Gasteiger partial charge in [-0.1, -0.05) is 48.5 Å². The predicted octanol–water partition coefficient (Wildman–Crippen LogP) is 5.02. The molecule has 2 aromatic heterocycles. The highest BCUT2D eigenvalue weighted by Gasteiger charge is 2.27. The third kappa shape index (κ3) is 3.34. The van der Waals surface area contributed by atoms with Crippen LogP contribution in [0.3, 0.4) is 0 Å². The van der Waals surface area contributed by atoms with Crippen molar-refractivity contribution in [2.24, 2.45) is 0 Å². The molecular formula is C23H20N2O3. The van der Waals surface area contributed by atoms with Gasteiger partial charge in [-0.05, 0) is 41.5 Å². The number of nitrogens with zero attached hydrogens (tertiary/aromatic N) is 2. The molecule has 140 valence electrons. The Balaban J connectivity index is 1.95. The average molecular weight is 372 g/mol. The van der Waals surface area contributed by atoms with Gasteiger partial charge < -0.3 is 9.14 Å². The SMILES string of the molecule is COc1ccc([C@H](C[N+](=O)[O-])c2c(-c3ccccc3)cc3ccccn23)cc1. The van der Waals surface area contributed by atoms with E-state index < -0.39 is 0 Å². The van der Waals surface area contributed by atoms with Crippen LogP contribution in [0.5, 0.6) is 5.75 Å². The normalized spacial score (nSPS) is 12.0. The zero-order chi connectivity index (χ0) is 19.5. The van der Waals surface area contributed by atoms with Crippen LogP contribution in [0.15, 0.2) is 85.1 Å². The Morgan fingerprint density at radius 2 is 1.71 bits per heavy atom. The molecule has 0 radical (unpaired) electrons. The summed E-state index contributed by atoms with van der Waals surface area (Å²) in [7, 11) is 1.61. The Bertz CT molecular complexity index is 1100. The molecule has 2 aromatic carbocycles. The zero-order valence-electron chi connectivity index (χ0n) is 15.5. The summed E-state index contributed by atoms with van der Waals surface area (Å²) in [5, 5.41) is 11.6. The van der Waals surface area contributed by atoms with Crippen LogP contribution in [0.1, 0.15) is 17.2 Å². The van der Waals surface area contributed by atoms with E-state index in [1.54, 1.807) is 7.11 Å². The summed E-state index contributed by atoms with van der Waals surface area (Å²) in [5.41, 5.74) is 4.87. The standard InChI is InChI=1S/C23H20N2O3/c1-28-20-12-10-18(11-13-20)22(16-25(26)27)23-21(17-7-3-2-4-8-17)15-19-9-5-6-14-24(19)23/h2-15,22H,16H2,1H3/t22-/m0/s1. The van der Waals surface area contributed by atoms with Crippen molar-refractivity contribution < 1.29 is 9.66 Å². The first-order chi connectivity index (χ1) is 13.7. The van der Waals surface area contributed by atoms with Crippen LogP contribution in [0.4, 0.5) is 0 Å². The number of benzene rings is 2. The maximum Gasteiger partial charge on any atom is 0.216 e. The third-order valence-corrected chi connectivity index (χ3v) is 4.98. The van der Waals surface area contributed by atoms with Crippen molar-refractivity contribution in [3.8, 4) is 16.9 Å². The quantitative estimate of drug-likeness (QED) is 0.353. The second kappa shape index (κ2) is 7.56. The molecule has 5 heteroatoms. The minimum atomic E-state index is -0.388. The summed E-state index contributed by atoms with van der Waals surface area (Å²) in [4.78, 5) is 11.3. The van der Waals surface area contributed by atoms with Gasteiger partial charge >= 0.3 is 0 Å². The fourth-order valence-electron chi connectivity index (χ4n) is 3.68. The van der Waals surface area contributed by atoms with E-state index >= 15 is 0 Å². The summed E-state index contributed by atoms with van der Waals surface area (Å²) < 4.78 is 7.30. The number of rotatable bonds is 6. The van der Waals surface area contributed by atoms with Crippen LogP contribution in [0, 0.1) is 10.1 Å². The molecule has 28 heavy (non-hydrogen) atoms. The van der Waals surface area contributed by atoms with E-state index in [1.165, 1.54) is 0 Å². The van der Waals surface area contributed by atoms with E-state index in [2.05, 4.69) is 10.5 Å². The second-order valence-corrected chi connectivity index (χ2v) is 6.65. The van der Waals surface area contributed by atoms with Gasteiger partial charge in [0.05, 0.1) is 13.0 Å². The first-order valence-electron chi connectivity index (χ1n) is 9.08. The molecule has 0 saturated heterocycles. The van der Waals surface area contributed by atoms with Crippen molar-refractivity contribution in [2.75, 3.05) is 13.7 Å². The topological polar surface area (TPSA) is 56.8 Å². The number of hydrogen-bond donors (Lipinski definition) is 0. The van der Waals surface area contributed by atoms with Crippen molar-refractivity contribution >= 4 is 5.52 Å². The molecule has 5 nitrogen and oxygen atoms in total. The summed E-state index contributed by atoms with van der Waals surface area (Å²) in [5.74, 6) is 0.341. The van der Waals surface area contributed by atoms with E-state index in [0.29, 0.717) is 0 Å². The summed E-state index contributed by atoms with van der Waals surface area (Å²) in [6.07, 6.45) is 1.97. The molecule has 0 bridgehead atoms. The maximum absolute atomic E-state index is 11.6. The molecule has 0 saturated carbocycles. The molecule has 4 aromatic rings. The van der Waals surface area contributed by atoms with Gasteiger partial charge in [0.15, 0.2) is 0 Å². The molecule has 0 amide bonds. The Morgan fingerprint density at radius 3 is 2.39 bits per heavy atom. The minimum absolute atomic E-state index is 0.187. The lowest BCUT2D eigenvalue weighted by atomic mass is 9.91. The zero-order valence-corrected chi connectivity index (χ0v) is 15.5. The summed E-state index contributed by atoms with van der Waals surface area (Å²) in [6, 6.07) is 25.6. The molecule has 1 atom stereocenters. The van der Waals surface area contributed by atoms with Gasteiger partial charge in [0.1, 0.15) is 5.75 Å². The first kappa shape index (κ1) is 17.8. The molecule has 0 aliphatic rings. The molecule has 0 N–H and O–H groups in total. The molecule has 0 aliphatic carbocycles. The number of fused-ring (bicyclic) bond motifs is 1. The smallest absolute Gasteiger partial charge is 0.216 e. The monoisotopic (exact) mass is 372 g/mol. The van der Waals surface area contributed by atoms with Crippen LogP contribution < -0.4 is 4.74 Å². The number of hydrogen-bond acceptors (Lipinski definition) is 3. The molecule has 0 unspecified atom stereocenters. The highest BCUT2D eigenvalue weighted by atomic mass is 16.6. The van der Waals surface area contributed by atoms with E-state index in [4.69, 9.17) is 4.74 Å². The van der Waals surface area contributed by atoms with Crippen LogP contribution in [-0.4, -0.2) is 23.0 Å². The highest BCUT2D eigenvalue weighted by molar-refractivity contribution is 5.75. The van der Waals surface area contributed by atoms with Gasteiger partial charge in [-0.3, -0.25) is 10.1 Å². The van der Waals surface area contributed by atoms with Gasteiger partial charge in [0.25, 0.3) is 0 Å². The fourth-order valence-corrected chi connectivity index (χ4v) is 3.68. The van der Waals surface area contributed by atoms with Gasteiger partial charge in [-0.2, -0.15) is 0 Å². The van der Waals surface area contributed by atoms with E-state index in [9.17, 15) is 10.1 Å². The van der Waals surface area contributed by atoms with E-state index in [0.717, 1.165) is 33.7 Å². The number of pyridine rings is 1. The molecule has 4 rings (SSSR count). The lowest BCUT2D eigenvalue weighted by Crippen LogP contribution is -2.16. The van der Waals surface area contributed by atoms with E-state index in [-0.39, 0.29) is 17.4 Å². The average Bonchev–Trinajstić information content (AvgIpc) is 3.12. The second-order valence-electron chi connectivity index (χ2n) is 6.65. The van der Waals surface area contributed by atoms with Crippen molar-refractivity contribution in [2.45, 2.75) is 5.92 Å². The maximum atomic E-state index is 11.6. The largest absolute Gasteiger partial charge is 0.497 e. The molecule has 2 heterocycles. The molecular weight excluding hydrogens is 352 g/mol. The molecule has 0 fully saturated rings. The predicted molar refractivity (Wildman–Crippen MR) is 110 cm³/mol. The number of methoxy groups -OCH3 is 1. The lowest BCUT2D eigenvalue weighted by molar-refractivity contribution is -0.481. The van der Waals surface area contributed by atoms with Gasteiger partial charge in [-0.25, -0.2) is 0 Å². The van der Waals surface area contributed by atoms with Crippen molar-refractivity contribution in [3.63, 3.8) is 0 Å². The number of nitro groups is 1. The number of aromatic nitrogens is 1. The molecule has 0 spiro atoms. The molecule has 0 aliphatic heterocycles. The summed E-state index contributed by atoms with van der Waals surface area (Å²) in [6.45, 7) is -0.187. The van der Waals surface area contributed by atoms with Crippen molar-refractivity contribution in [3.05, 3.63) is 106 Å². The van der Waals surface area contributed by atoms with Crippen molar-refractivity contribution in [1.82, 2.24) is 4.40 Å². The Morgan fingerprint density at radius 1 is 1.00 bits per heavy atom. The Hall–Kier alpha value is -3.60. The highest BCUT2D eigenvalue weighted by Crippen LogP contribution is 2.36. The Kier molecular flexibility index (Phi) is 4.81. The van der Waals surface area contributed by atoms with Crippen LogP contribution >= 0.6 is 0 Å². The first-order valence-corrected chi connectivity index (χ1v) is 9.08. The van der Waals surface area contributed by atoms with Crippen LogP contribution in [0.2, 0.25) is 0 Å². The van der Waals surface area contributed by atoms with Gasteiger partial charge in [0, 0.05) is 27.9 Å². The van der Waals surface area contributed by atoms with Gasteiger partial charge in [-0.15, -0.1) is 0 Å². The third-order valence-electron chi connectivity index (χ3n) is 4.98. The fraction of sp³-hybridized carbons (Fsp3) is 0.130. The Labute approximate surface area is 163 Å². The van der Waals surface area contributed by atoms with E-state index in [1.807, 2.05) is 79.0 Å². The number of ether oxygens (including phenoxy) is 1. The minimum Gasteiger partial charge on any atom is -0.497 e. The van der Waals surface area contributed by atoms with Gasteiger partial charge in [0.2, 0.25) is 6.54 Å². The van der Waals surface area contributed by atoms with Crippen LogP contribution in [0.25, 0.3) is 16.6 Å². The summed E-state index contributed by atoms with van der Waals surface area (Å²) >= 11 is 0. The van der Waals surface area contributed by atoms with Crippen molar-refractivity contribution in [1.29, 1.82) is 0 Å². The lowest BCUT2D eigenvalue weighted by Gasteiger charge is -2.17.